The highest BCUT2D eigenvalue weighted by Gasteiger charge is 2.14. The van der Waals surface area contributed by atoms with Gasteiger partial charge < -0.3 is 4.79 Å². The van der Waals surface area contributed by atoms with Gasteiger partial charge in [0.1, 0.15) is 6.29 Å². The number of carbonyl (C=O) groups excluding carboxylic acids is 1. The van der Waals surface area contributed by atoms with E-state index < -0.39 is 0 Å². The molecular weight excluding hydrogens is 294 g/mol. The van der Waals surface area contributed by atoms with Gasteiger partial charge in [-0.15, -0.1) is 0 Å². The third-order valence-electron chi connectivity index (χ3n) is 4.36. The van der Waals surface area contributed by atoms with Crippen LogP contribution in [0, 0.1) is 5.92 Å². The number of rotatable bonds is 11. The summed E-state index contributed by atoms with van der Waals surface area (Å²) in [4.78, 5) is 13.9. The zero-order valence-electron chi connectivity index (χ0n) is 14.7. The van der Waals surface area contributed by atoms with E-state index in [2.05, 4.69) is 60.4 Å². The maximum atomic E-state index is 11.5. The van der Waals surface area contributed by atoms with Crippen LogP contribution < -0.4 is 0 Å². The quantitative estimate of drug-likeness (QED) is 0.424. The molecule has 0 aliphatic rings. The molecule has 0 aliphatic heterocycles. The minimum absolute atomic E-state index is 0.129. The Kier molecular flexibility index (Phi) is 8.26. The molecule has 128 valence electrons. The van der Waals surface area contributed by atoms with E-state index in [9.17, 15) is 4.79 Å². The summed E-state index contributed by atoms with van der Waals surface area (Å²) in [6.07, 6.45) is 5.70. The van der Waals surface area contributed by atoms with Crippen molar-refractivity contribution in [3.05, 3.63) is 71.8 Å². The Balaban J connectivity index is 2.02. The summed E-state index contributed by atoms with van der Waals surface area (Å²) in [6.45, 7) is 4.80. The second kappa shape index (κ2) is 10.8. The van der Waals surface area contributed by atoms with Crippen molar-refractivity contribution in [3.8, 4) is 0 Å². The van der Waals surface area contributed by atoms with Crippen LogP contribution in [0.1, 0.15) is 43.7 Å². The minimum Gasteiger partial charge on any atom is -0.303 e. The van der Waals surface area contributed by atoms with Gasteiger partial charge in [0.2, 0.25) is 0 Å². The van der Waals surface area contributed by atoms with Gasteiger partial charge in [-0.3, -0.25) is 4.90 Å². The molecule has 0 heterocycles. The number of benzene rings is 2. The first kappa shape index (κ1) is 18.4. The fraction of sp³-hybridized carbons (Fsp3) is 0.409. The molecule has 2 rings (SSSR count). The van der Waals surface area contributed by atoms with Gasteiger partial charge in [0.25, 0.3) is 0 Å². The van der Waals surface area contributed by atoms with E-state index in [0.717, 1.165) is 38.8 Å². The average molecular weight is 323 g/mol. The molecule has 2 nitrogen and oxygen atoms in total. The van der Waals surface area contributed by atoms with E-state index in [1.54, 1.807) is 0 Å². The van der Waals surface area contributed by atoms with Gasteiger partial charge in [-0.25, -0.2) is 0 Å². The van der Waals surface area contributed by atoms with Crippen molar-refractivity contribution in [1.29, 1.82) is 0 Å². The zero-order valence-corrected chi connectivity index (χ0v) is 14.7. The van der Waals surface area contributed by atoms with Crippen LogP contribution in [0.3, 0.4) is 0 Å². The Morgan fingerprint density at radius 3 is 1.88 bits per heavy atom. The Morgan fingerprint density at radius 2 is 1.42 bits per heavy atom. The Labute approximate surface area is 146 Å². The number of hydrogen-bond acceptors (Lipinski definition) is 2. The van der Waals surface area contributed by atoms with E-state index in [1.807, 2.05) is 12.1 Å². The van der Waals surface area contributed by atoms with Crippen molar-refractivity contribution in [2.45, 2.75) is 45.7 Å². The summed E-state index contributed by atoms with van der Waals surface area (Å²) >= 11 is 0. The molecule has 0 spiro atoms. The van der Waals surface area contributed by atoms with Gasteiger partial charge in [0.15, 0.2) is 0 Å². The lowest BCUT2D eigenvalue weighted by atomic mass is 10.0. The molecule has 0 amide bonds. The van der Waals surface area contributed by atoms with Crippen molar-refractivity contribution in [2.24, 2.45) is 5.92 Å². The highest BCUT2D eigenvalue weighted by atomic mass is 16.1. The fourth-order valence-corrected chi connectivity index (χ4v) is 3.06. The Morgan fingerprint density at radius 1 is 0.875 bits per heavy atom. The molecule has 0 aromatic heterocycles. The molecule has 24 heavy (non-hydrogen) atoms. The summed E-state index contributed by atoms with van der Waals surface area (Å²) in [5.41, 5.74) is 2.60. The van der Waals surface area contributed by atoms with Crippen molar-refractivity contribution < 1.29 is 4.79 Å². The number of hydrogen-bond donors (Lipinski definition) is 0. The summed E-state index contributed by atoms with van der Waals surface area (Å²) in [6, 6.07) is 21.0. The van der Waals surface area contributed by atoms with Gasteiger partial charge in [-0.2, -0.15) is 0 Å². The van der Waals surface area contributed by atoms with Crippen molar-refractivity contribution in [2.75, 3.05) is 6.54 Å². The SMILES string of the molecule is CCCCC[C@@H](C=O)CN(Cc1ccccc1)Cc1ccccc1. The normalized spacial score (nSPS) is 12.2. The largest absolute Gasteiger partial charge is 0.303 e. The predicted molar refractivity (Wildman–Crippen MR) is 101 cm³/mol. The van der Waals surface area contributed by atoms with Crippen molar-refractivity contribution in [3.63, 3.8) is 0 Å². The maximum Gasteiger partial charge on any atom is 0.124 e. The molecule has 2 aromatic rings. The van der Waals surface area contributed by atoms with Crippen molar-refractivity contribution >= 4 is 6.29 Å². The summed E-state index contributed by atoms with van der Waals surface area (Å²) in [5.74, 6) is 0.129. The Bertz CT molecular complexity index is 526. The van der Waals surface area contributed by atoms with Gasteiger partial charge >= 0.3 is 0 Å². The van der Waals surface area contributed by atoms with Crippen LogP contribution >= 0.6 is 0 Å². The first-order valence-corrected chi connectivity index (χ1v) is 9.07. The minimum atomic E-state index is 0.129. The van der Waals surface area contributed by atoms with E-state index in [1.165, 1.54) is 24.0 Å². The van der Waals surface area contributed by atoms with Gasteiger partial charge in [-0.1, -0.05) is 86.8 Å². The molecule has 0 unspecified atom stereocenters. The van der Waals surface area contributed by atoms with E-state index in [4.69, 9.17) is 0 Å². The number of carbonyl (C=O) groups is 1. The second-order valence-corrected chi connectivity index (χ2v) is 6.53. The standard InChI is InChI=1S/C22H29NO/c1-2-3-6-15-22(19-24)18-23(16-20-11-7-4-8-12-20)17-21-13-9-5-10-14-21/h4-5,7-14,19,22H,2-3,6,15-18H2,1H3/t22-/m1/s1. The highest BCUT2D eigenvalue weighted by molar-refractivity contribution is 5.53. The highest BCUT2D eigenvalue weighted by Crippen LogP contribution is 2.15. The monoisotopic (exact) mass is 323 g/mol. The van der Waals surface area contributed by atoms with E-state index in [-0.39, 0.29) is 5.92 Å². The van der Waals surface area contributed by atoms with Crippen LogP contribution in [-0.2, 0) is 17.9 Å². The van der Waals surface area contributed by atoms with Crippen molar-refractivity contribution in [1.82, 2.24) is 4.90 Å². The molecule has 0 saturated heterocycles. The number of nitrogens with zero attached hydrogens (tertiary/aromatic N) is 1. The maximum absolute atomic E-state index is 11.5. The first-order valence-electron chi connectivity index (χ1n) is 9.07. The molecule has 0 saturated carbocycles. The molecule has 1 atom stereocenters. The van der Waals surface area contributed by atoms with Crippen LogP contribution in [0.2, 0.25) is 0 Å². The summed E-state index contributed by atoms with van der Waals surface area (Å²) in [7, 11) is 0. The number of aldehydes is 1. The van der Waals surface area contributed by atoms with Gasteiger partial charge in [-0.05, 0) is 17.5 Å². The summed E-state index contributed by atoms with van der Waals surface area (Å²) in [5, 5.41) is 0. The van der Waals surface area contributed by atoms with Gasteiger partial charge in [0.05, 0.1) is 0 Å². The second-order valence-electron chi connectivity index (χ2n) is 6.53. The molecule has 0 bridgehead atoms. The molecule has 0 fully saturated rings. The lowest BCUT2D eigenvalue weighted by Gasteiger charge is -2.25. The van der Waals surface area contributed by atoms with Crippen LogP contribution in [0.15, 0.2) is 60.7 Å². The lowest BCUT2D eigenvalue weighted by molar-refractivity contribution is -0.112. The predicted octanol–water partition coefficient (Wildman–Crippen LogP) is 5.08. The smallest absolute Gasteiger partial charge is 0.124 e. The molecule has 0 aliphatic carbocycles. The van der Waals surface area contributed by atoms with Crippen LogP contribution in [0.4, 0.5) is 0 Å². The average Bonchev–Trinajstić information content (AvgIpc) is 2.62. The van der Waals surface area contributed by atoms with Crippen LogP contribution in [0.25, 0.3) is 0 Å². The molecule has 0 N–H and O–H groups in total. The van der Waals surface area contributed by atoms with E-state index in [0.29, 0.717) is 0 Å². The molecule has 2 heteroatoms. The first-order chi connectivity index (χ1) is 11.8. The molecule has 0 radical (unpaired) electrons. The lowest BCUT2D eigenvalue weighted by Crippen LogP contribution is -2.29. The third kappa shape index (κ3) is 6.67. The summed E-state index contributed by atoms with van der Waals surface area (Å²) < 4.78 is 0. The van der Waals surface area contributed by atoms with E-state index >= 15 is 0 Å². The fourth-order valence-electron chi connectivity index (χ4n) is 3.06. The third-order valence-corrected chi connectivity index (χ3v) is 4.36. The van der Waals surface area contributed by atoms with Gasteiger partial charge in [0, 0.05) is 25.6 Å². The van der Waals surface area contributed by atoms with Crippen LogP contribution in [0.5, 0.6) is 0 Å². The molecule has 2 aromatic carbocycles. The van der Waals surface area contributed by atoms with Crippen LogP contribution in [-0.4, -0.2) is 17.7 Å². The number of unbranched alkanes of at least 4 members (excludes halogenated alkanes) is 2. The Hall–Kier alpha value is -1.93. The topological polar surface area (TPSA) is 20.3 Å². The zero-order chi connectivity index (χ0) is 17.0. The molecular formula is C22H29NO.